The molecule has 2 N–H and O–H groups in total. The van der Waals surface area contributed by atoms with Crippen LogP contribution in [0, 0.1) is 0 Å². The first-order valence-electron chi connectivity index (χ1n) is 7.26. The number of aryl methyl sites for hydroxylation is 2. The van der Waals surface area contributed by atoms with E-state index in [0.29, 0.717) is 6.54 Å². The minimum absolute atomic E-state index is 0.0130. The largest absolute Gasteiger partial charge is 0.360 e. The van der Waals surface area contributed by atoms with E-state index in [9.17, 15) is 4.79 Å². The molecule has 0 saturated carbocycles. The lowest BCUT2D eigenvalue weighted by Crippen LogP contribution is -2.22. The van der Waals surface area contributed by atoms with Crippen LogP contribution in [-0.2, 0) is 19.4 Å². The molecule has 4 rings (SSSR count). The molecular weight excluding hydrogens is 280 g/mol. The lowest BCUT2D eigenvalue weighted by atomic mass is 10.1. The monoisotopic (exact) mass is 296 g/mol. The smallest absolute Gasteiger partial charge is 0.253 e. The minimum atomic E-state index is -0.0130. The SMILES string of the molecule is O=C(NCc1cc2c(s1)CCC2)c1c[nH]c2ccccc12. The Balaban J connectivity index is 1.50. The van der Waals surface area contributed by atoms with E-state index in [0.717, 1.165) is 16.5 Å². The van der Waals surface area contributed by atoms with Gasteiger partial charge in [-0.1, -0.05) is 18.2 Å². The number of H-pyrrole nitrogens is 1. The Kier molecular flexibility index (Phi) is 3.04. The summed E-state index contributed by atoms with van der Waals surface area (Å²) in [5.74, 6) is -0.0130. The van der Waals surface area contributed by atoms with Crippen molar-refractivity contribution in [3.8, 4) is 0 Å². The topological polar surface area (TPSA) is 44.9 Å². The molecule has 1 aliphatic rings. The molecule has 3 aromatic rings. The summed E-state index contributed by atoms with van der Waals surface area (Å²) < 4.78 is 0. The zero-order valence-corrected chi connectivity index (χ0v) is 12.4. The van der Waals surface area contributed by atoms with E-state index in [1.165, 1.54) is 34.6 Å². The first-order chi connectivity index (χ1) is 10.3. The van der Waals surface area contributed by atoms with Crippen LogP contribution in [0.4, 0.5) is 0 Å². The third-order valence-corrected chi connectivity index (χ3v) is 5.29. The molecule has 1 aliphatic carbocycles. The highest BCUT2D eigenvalue weighted by Gasteiger charge is 2.16. The van der Waals surface area contributed by atoms with Crippen LogP contribution in [-0.4, -0.2) is 10.9 Å². The number of carbonyl (C=O) groups excluding carboxylic acids is 1. The normalized spacial score (nSPS) is 13.5. The van der Waals surface area contributed by atoms with Crippen molar-refractivity contribution in [2.75, 3.05) is 0 Å². The number of carbonyl (C=O) groups is 1. The second-order valence-corrected chi connectivity index (χ2v) is 6.67. The number of benzene rings is 1. The second kappa shape index (κ2) is 5.04. The first-order valence-corrected chi connectivity index (χ1v) is 8.08. The van der Waals surface area contributed by atoms with Crippen molar-refractivity contribution in [2.24, 2.45) is 0 Å². The van der Waals surface area contributed by atoms with Gasteiger partial charge in [-0.15, -0.1) is 11.3 Å². The predicted octanol–water partition coefficient (Wildman–Crippen LogP) is 3.65. The van der Waals surface area contributed by atoms with Crippen molar-refractivity contribution in [1.29, 1.82) is 0 Å². The summed E-state index contributed by atoms with van der Waals surface area (Å²) in [7, 11) is 0. The summed E-state index contributed by atoms with van der Waals surface area (Å²) in [6.45, 7) is 0.621. The van der Waals surface area contributed by atoms with E-state index in [1.54, 1.807) is 6.20 Å². The maximum absolute atomic E-state index is 12.3. The zero-order chi connectivity index (χ0) is 14.2. The Labute approximate surface area is 127 Å². The van der Waals surface area contributed by atoms with E-state index in [1.807, 2.05) is 35.6 Å². The summed E-state index contributed by atoms with van der Waals surface area (Å²) in [5, 5.41) is 4.01. The number of amides is 1. The van der Waals surface area contributed by atoms with Crippen LogP contribution in [0.3, 0.4) is 0 Å². The number of nitrogens with one attached hydrogen (secondary N) is 2. The van der Waals surface area contributed by atoms with Crippen molar-refractivity contribution in [1.82, 2.24) is 10.3 Å². The van der Waals surface area contributed by atoms with Crippen molar-refractivity contribution >= 4 is 28.1 Å². The fourth-order valence-electron chi connectivity index (χ4n) is 3.00. The van der Waals surface area contributed by atoms with Gasteiger partial charge < -0.3 is 10.3 Å². The molecule has 4 heteroatoms. The van der Waals surface area contributed by atoms with Crippen molar-refractivity contribution in [3.05, 3.63) is 57.4 Å². The second-order valence-electron chi connectivity index (χ2n) is 5.45. The van der Waals surface area contributed by atoms with Gasteiger partial charge in [-0.2, -0.15) is 0 Å². The molecular formula is C17H16N2OS. The summed E-state index contributed by atoms with van der Waals surface area (Å²) in [5.41, 5.74) is 3.20. The Bertz CT molecular complexity index is 794. The average molecular weight is 296 g/mol. The highest BCUT2D eigenvalue weighted by atomic mass is 32.1. The number of rotatable bonds is 3. The number of fused-ring (bicyclic) bond motifs is 2. The quantitative estimate of drug-likeness (QED) is 0.761. The summed E-state index contributed by atoms with van der Waals surface area (Å²) >= 11 is 1.84. The molecule has 0 spiro atoms. The molecule has 2 aromatic heterocycles. The van der Waals surface area contributed by atoms with Crippen LogP contribution < -0.4 is 5.32 Å². The standard InChI is InChI=1S/C17H16N2OS/c20-17(14-10-18-15-6-2-1-5-13(14)15)19-9-12-8-11-4-3-7-16(11)21-12/h1-2,5-6,8,10,18H,3-4,7,9H2,(H,19,20). The lowest BCUT2D eigenvalue weighted by molar-refractivity contribution is 0.0953. The van der Waals surface area contributed by atoms with Crippen LogP contribution in [0.25, 0.3) is 10.9 Å². The lowest BCUT2D eigenvalue weighted by Gasteiger charge is -2.02. The Hall–Kier alpha value is -2.07. The third kappa shape index (κ3) is 2.25. The molecule has 0 aliphatic heterocycles. The van der Waals surface area contributed by atoms with Crippen LogP contribution in [0.2, 0.25) is 0 Å². The maximum atomic E-state index is 12.3. The Morgan fingerprint density at radius 2 is 2.19 bits per heavy atom. The number of hydrogen-bond donors (Lipinski definition) is 2. The van der Waals surface area contributed by atoms with Crippen LogP contribution >= 0.6 is 11.3 Å². The van der Waals surface area contributed by atoms with Crippen LogP contribution in [0.15, 0.2) is 36.5 Å². The molecule has 2 heterocycles. The number of aromatic nitrogens is 1. The number of thiophene rings is 1. The van der Waals surface area contributed by atoms with Gasteiger partial charge in [0.25, 0.3) is 5.91 Å². The summed E-state index contributed by atoms with van der Waals surface area (Å²) in [6, 6.07) is 10.1. The van der Waals surface area contributed by atoms with E-state index in [-0.39, 0.29) is 5.91 Å². The average Bonchev–Trinajstić information content (AvgIpc) is 3.18. The molecule has 21 heavy (non-hydrogen) atoms. The summed E-state index contributed by atoms with van der Waals surface area (Å²) in [6.07, 6.45) is 5.47. The van der Waals surface area contributed by atoms with Crippen molar-refractivity contribution in [3.63, 3.8) is 0 Å². The van der Waals surface area contributed by atoms with E-state index < -0.39 is 0 Å². The van der Waals surface area contributed by atoms with Gasteiger partial charge >= 0.3 is 0 Å². The van der Waals surface area contributed by atoms with Gasteiger partial charge in [-0.05, 0) is 37.0 Å². The van der Waals surface area contributed by atoms with Crippen molar-refractivity contribution in [2.45, 2.75) is 25.8 Å². The fraction of sp³-hybridized carbons (Fsp3) is 0.235. The molecule has 106 valence electrons. The zero-order valence-electron chi connectivity index (χ0n) is 11.6. The number of hydrogen-bond acceptors (Lipinski definition) is 2. The molecule has 0 fully saturated rings. The van der Waals surface area contributed by atoms with Gasteiger partial charge in [0.2, 0.25) is 0 Å². The first kappa shape index (κ1) is 12.7. The minimum Gasteiger partial charge on any atom is -0.360 e. The van der Waals surface area contributed by atoms with Crippen molar-refractivity contribution < 1.29 is 4.79 Å². The van der Waals surface area contributed by atoms with Gasteiger partial charge in [0.05, 0.1) is 12.1 Å². The van der Waals surface area contributed by atoms with Gasteiger partial charge in [-0.25, -0.2) is 0 Å². The highest BCUT2D eigenvalue weighted by Crippen LogP contribution is 2.30. The molecule has 0 radical (unpaired) electrons. The van der Waals surface area contributed by atoms with Crippen LogP contribution in [0.5, 0.6) is 0 Å². The molecule has 0 unspecified atom stereocenters. The molecule has 1 amide bonds. The van der Waals surface area contributed by atoms with E-state index in [2.05, 4.69) is 16.4 Å². The third-order valence-electron chi connectivity index (χ3n) is 4.05. The maximum Gasteiger partial charge on any atom is 0.253 e. The molecule has 0 saturated heterocycles. The number of para-hydroxylation sites is 1. The van der Waals surface area contributed by atoms with Gasteiger partial charge in [0, 0.05) is 26.9 Å². The van der Waals surface area contributed by atoms with Gasteiger partial charge in [0.15, 0.2) is 0 Å². The van der Waals surface area contributed by atoms with E-state index >= 15 is 0 Å². The molecule has 0 bridgehead atoms. The van der Waals surface area contributed by atoms with Crippen LogP contribution in [0.1, 0.15) is 32.1 Å². The molecule has 3 nitrogen and oxygen atoms in total. The molecule has 1 aromatic carbocycles. The Morgan fingerprint density at radius 1 is 1.29 bits per heavy atom. The Morgan fingerprint density at radius 3 is 3.10 bits per heavy atom. The van der Waals surface area contributed by atoms with Gasteiger partial charge in [0.1, 0.15) is 0 Å². The number of aromatic amines is 1. The van der Waals surface area contributed by atoms with Gasteiger partial charge in [-0.3, -0.25) is 4.79 Å². The molecule has 0 atom stereocenters. The fourth-order valence-corrected chi connectivity index (χ4v) is 4.20. The predicted molar refractivity (Wildman–Crippen MR) is 85.8 cm³/mol. The van der Waals surface area contributed by atoms with E-state index in [4.69, 9.17) is 0 Å². The highest BCUT2D eigenvalue weighted by molar-refractivity contribution is 7.12. The summed E-state index contributed by atoms with van der Waals surface area (Å²) in [4.78, 5) is 18.2.